The van der Waals surface area contributed by atoms with Crippen LogP contribution < -0.4 is 4.74 Å². The van der Waals surface area contributed by atoms with Gasteiger partial charge in [0.25, 0.3) is 0 Å². The van der Waals surface area contributed by atoms with E-state index in [-0.39, 0.29) is 6.61 Å². The summed E-state index contributed by atoms with van der Waals surface area (Å²) in [4.78, 5) is 0. The minimum absolute atomic E-state index is 0.250. The molecule has 0 aliphatic rings. The molecule has 0 aliphatic carbocycles. The highest BCUT2D eigenvalue weighted by Crippen LogP contribution is 2.24. The number of rotatable bonds is 4. The van der Waals surface area contributed by atoms with E-state index in [9.17, 15) is 5.11 Å². The maximum atomic E-state index is 9.28. The number of hydrogen-bond donors (Lipinski definition) is 2. The lowest BCUT2D eigenvalue weighted by Crippen LogP contribution is -1.91. The van der Waals surface area contributed by atoms with Crippen LogP contribution in [0.25, 0.3) is 0 Å². The molecular formula is C13H22O3. The zero-order valence-corrected chi connectivity index (χ0v) is 10.4. The van der Waals surface area contributed by atoms with E-state index in [1.165, 1.54) is 0 Å². The minimum Gasteiger partial charge on any atom is -0.508 e. The lowest BCUT2D eigenvalue weighted by atomic mass is 10.1. The van der Waals surface area contributed by atoms with Gasteiger partial charge in [0.15, 0.2) is 0 Å². The number of benzene rings is 1. The van der Waals surface area contributed by atoms with E-state index in [2.05, 4.69) is 6.92 Å². The van der Waals surface area contributed by atoms with Crippen LogP contribution in [0.5, 0.6) is 11.5 Å². The number of aromatic hydroxyl groups is 1. The molecule has 1 rings (SSSR count). The fourth-order valence-corrected chi connectivity index (χ4v) is 1.33. The summed E-state index contributed by atoms with van der Waals surface area (Å²) in [7, 11) is 1.65. The van der Waals surface area contributed by atoms with Gasteiger partial charge in [0, 0.05) is 6.61 Å². The Kier molecular flexibility index (Phi) is 8.35. The van der Waals surface area contributed by atoms with Crippen molar-refractivity contribution in [2.45, 2.75) is 33.1 Å². The number of phenols is 1. The molecule has 0 bridgehead atoms. The Bertz CT molecular complexity index is 285. The molecule has 3 heteroatoms. The third-order valence-corrected chi connectivity index (χ3v) is 2.06. The van der Waals surface area contributed by atoms with Crippen LogP contribution in [0.15, 0.2) is 18.2 Å². The fraction of sp³-hybridized carbons (Fsp3) is 0.538. The van der Waals surface area contributed by atoms with E-state index >= 15 is 0 Å². The summed E-state index contributed by atoms with van der Waals surface area (Å²) in [6, 6.07) is 5.23. The normalized spacial score (nSPS) is 9.25. The Morgan fingerprint density at radius 3 is 2.38 bits per heavy atom. The summed E-state index contributed by atoms with van der Waals surface area (Å²) < 4.78 is 5.19. The molecule has 1 aromatic rings. The van der Waals surface area contributed by atoms with E-state index < -0.39 is 0 Å². The number of phenolic OH excluding ortho intramolecular Hbond substituents is 1. The molecule has 0 fully saturated rings. The standard InChI is InChI=1S/C11H16O2.C2H6O/c1-3-4-5-9-8-10(12)6-7-11(9)13-2;1-2-3/h6-8,12H,3-5H2,1-2H3;3H,2H2,1H3. The van der Waals surface area contributed by atoms with Gasteiger partial charge in [0.1, 0.15) is 11.5 Å². The van der Waals surface area contributed by atoms with Gasteiger partial charge in [-0.25, -0.2) is 0 Å². The maximum Gasteiger partial charge on any atom is 0.122 e. The van der Waals surface area contributed by atoms with Gasteiger partial charge in [-0.1, -0.05) is 13.3 Å². The van der Waals surface area contributed by atoms with Gasteiger partial charge in [-0.05, 0) is 43.5 Å². The first-order valence-electron chi connectivity index (χ1n) is 5.66. The molecular weight excluding hydrogens is 204 g/mol. The second kappa shape index (κ2) is 9.04. The third-order valence-electron chi connectivity index (χ3n) is 2.06. The highest BCUT2D eigenvalue weighted by atomic mass is 16.5. The van der Waals surface area contributed by atoms with Crippen molar-refractivity contribution in [1.29, 1.82) is 0 Å². The summed E-state index contributed by atoms with van der Waals surface area (Å²) in [5.41, 5.74) is 1.09. The monoisotopic (exact) mass is 226 g/mol. The second-order valence-corrected chi connectivity index (χ2v) is 3.42. The van der Waals surface area contributed by atoms with E-state index in [1.54, 1.807) is 32.2 Å². The van der Waals surface area contributed by atoms with Crippen molar-refractivity contribution >= 4 is 0 Å². The van der Waals surface area contributed by atoms with Crippen molar-refractivity contribution in [2.75, 3.05) is 13.7 Å². The SMILES string of the molecule is CCCCc1cc(O)ccc1OC.CCO. The lowest BCUT2D eigenvalue weighted by Gasteiger charge is -2.07. The van der Waals surface area contributed by atoms with E-state index in [0.29, 0.717) is 5.75 Å². The molecule has 0 saturated carbocycles. The summed E-state index contributed by atoms with van der Waals surface area (Å²) in [6.07, 6.45) is 3.24. The first-order valence-corrected chi connectivity index (χ1v) is 5.66. The number of aliphatic hydroxyl groups is 1. The predicted molar refractivity (Wildman–Crippen MR) is 66.0 cm³/mol. The largest absolute Gasteiger partial charge is 0.508 e. The number of hydrogen-bond acceptors (Lipinski definition) is 3. The molecule has 16 heavy (non-hydrogen) atoms. The Morgan fingerprint density at radius 1 is 1.25 bits per heavy atom. The van der Waals surface area contributed by atoms with Gasteiger partial charge in [-0.15, -0.1) is 0 Å². The molecule has 0 aromatic heterocycles. The Morgan fingerprint density at radius 2 is 1.88 bits per heavy atom. The van der Waals surface area contributed by atoms with Crippen molar-refractivity contribution in [3.05, 3.63) is 23.8 Å². The van der Waals surface area contributed by atoms with Crippen LogP contribution in [0.2, 0.25) is 0 Å². The van der Waals surface area contributed by atoms with Crippen LogP contribution in [-0.4, -0.2) is 23.9 Å². The average Bonchev–Trinajstić information content (AvgIpc) is 2.27. The summed E-state index contributed by atoms with van der Waals surface area (Å²) in [5.74, 6) is 1.18. The van der Waals surface area contributed by atoms with Gasteiger partial charge in [0.05, 0.1) is 7.11 Å². The number of unbranched alkanes of at least 4 members (excludes halogenated alkanes) is 1. The molecule has 0 aliphatic heterocycles. The number of methoxy groups -OCH3 is 1. The average molecular weight is 226 g/mol. The summed E-state index contributed by atoms with van der Waals surface area (Å²) >= 11 is 0. The van der Waals surface area contributed by atoms with Crippen LogP contribution in [-0.2, 0) is 6.42 Å². The highest BCUT2D eigenvalue weighted by molar-refractivity contribution is 5.39. The van der Waals surface area contributed by atoms with Crippen LogP contribution in [0.3, 0.4) is 0 Å². The number of aliphatic hydroxyl groups excluding tert-OH is 1. The van der Waals surface area contributed by atoms with Crippen molar-refractivity contribution in [2.24, 2.45) is 0 Å². The topological polar surface area (TPSA) is 49.7 Å². The van der Waals surface area contributed by atoms with E-state index in [0.717, 1.165) is 30.6 Å². The Hall–Kier alpha value is -1.22. The smallest absolute Gasteiger partial charge is 0.122 e. The van der Waals surface area contributed by atoms with Crippen molar-refractivity contribution in [3.63, 3.8) is 0 Å². The Labute approximate surface area is 97.7 Å². The molecule has 0 heterocycles. The van der Waals surface area contributed by atoms with Crippen molar-refractivity contribution < 1.29 is 14.9 Å². The van der Waals surface area contributed by atoms with Crippen LogP contribution >= 0.6 is 0 Å². The Balaban J connectivity index is 0.000000673. The molecule has 0 atom stereocenters. The molecule has 0 saturated heterocycles. The van der Waals surface area contributed by atoms with Crippen LogP contribution in [0.4, 0.5) is 0 Å². The molecule has 2 N–H and O–H groups in total. The van der Waals surface area contributed by atoms with Gasteiger partial charge in [-0.2, -0.15) is 0 Å². The molecule has 0 amide bonds. The second-order valence-electron chi connectivity index (χ2n) is 3.42. The van der Waals surface area contributed by atoms with Gasteiger partial charge >= 0.3 is 0 Å². The van der Waals surface area contributed by atoms with Gasteiger partial charge in [-0.3, -0.25) is 0 Å². The minimum atomic E-state index is 0.250. The lowest BCUT2D eigenvalue weighted by molar-refractivity contribution is 0.318. The summed E-state index contributed by atoms with van der Waals surface area (Å²) in [5, 5.41) is 16.8. The highest BCUT2D eigenvalue weighted by Gasteiger charge is 2.02. The first-order chi connectivity index (χ1) is 7.69. The number of aryl methyl sites for hydroxylation is 1. The molecule has 0 unspecified atom stereocenters. The van der Waals surface area contributed by atoms with Crippen molar-refractivity contribution in [3.8, 4) is 11.5 Å². The molecule has 0 spiro atoms. The molecule has 0 radical (unpaired) electrons. The van der Waals surface area contributed by atoms with Crippen LogP contribution in [0.1, 0.15) is 32.3 Å². The first kappa shape index (κ1) is 14.8. The quantitative estimate of drug-likeness (QED) is 0.830. The van der Waals surface area contributed by atoms with Crippen LogP contribution in [0, 0.1) is 0 Å². The molecule has 92 valence electrons. The zero-order chi connectivity index (χ0) is 12.4. The van der Waals surface area contributed by atoms with E-state index in [4.69, 9.17) is 9.84 Å². The molecule has 3 nitrogen and oxygen atoms in total. The molecule has 1 aromatic carbocycles. The third kappa shape index (κ3) is 5.61. The predicted octanol–water partition coefficient (Wildman–Crippen LogP) is 2.74. The fourth-order valence-electron chi connectivity index (χ4n) is 1.33. The van der Waals surface area contributed by atoms with Gasteiger partial charge < -0.3 is 14.9 Å². The summed E-state index contributed by atoms with van der Waals surface area (Å²) in [6.45, 7) is 4.08. The van der Waals surface area contributed by atoms with Crippen molar-refractivity contribution in [1.82, 2.24) is 0 Å². The van der Waals surface area contributed by atoms with Gasteiger partial charge in [0.2, 0.25) is 0 Å². The zero-order valence-electron chi connectivity index (χ0n) is 10.4. The van der Waals surface area contributed by atoms with E-state index in [1.807, 2.05) is 0 Å². The number of ether oxygens (including phenoxy) is 1. The maximum absolute atomic E-state index is 9.28.